The maximum Gasteiger partial charge on any atom is 0.332 e. The number of aromatic nitrogens is 2. The minimum atomic E-state index is -0.262. The number of rotatable bonds is 4. The van der Waals surface area contributed by atoms with Crippen LogP contribution in [0.5, 0.6) is 0 Å². The first-order valence-corrected chi connectivity index (χ1v) is 11.3. The molecule has 0 aliphatic heterocycles. The van der Waals surface area contributed by atoms with Gasteiger partial charge in [-0.2, -0.15) is 0 Å². The van der Waals surface area contributed by atoms with Crippen LogP contribution in [0, 0.1) is 13.8 Å². The van der Waals surface area contributed by atoms with Gasteiger partial charge in [0.15, 0.2) is 0 Å². The first kappa shape index (κ1) is 21.3. The molecule has 4 aromatic rings. The van der Waals surface area contributed by atoms with Crippen LogP contribution in [0.1, 0.15) is 47.9 Å². The van der Waals surface area contributed by atoms with Gasteiger partial charge < -0.3 is 0 Å². The van der Waals surface area contributed by atoms with E-state index < -0.39 is 0 Å². The van der Waals surface area contributed by atoms with Crippen LogP contribution in [0.4, 0.5) is 0 Å². The molecule has 0 saturated carbocycles. The number of hydrogen-bond donors (Lipinski definition) is 0. The van der Waals surface area contributed by atoms with Crippen molar-refractivity contribution in [2.24, 2.45) is 0 Å². The molecule has 5 heteroatoms. The fraction of sp³-hybridized carbons (Fsp3) is 0.308. The Bertz CT molecular complexity index is 1350. The van der Waals surface area contributed by atoms with E-state index in [2.05, 4.69) is 45.0 Å². The van der Waals surface area contributed by atoms with Crippen LogP contribution in [-0.4, -0.2) is 9.13 Å². The molecule has 0 atom stereocenters. The van der Waals surface area contributed by atoms with Crippen LogP contribution in [-0.2, 0) is 18.5 Å². The Balaban J connectivity index is 1.87. The van der Waals surface area contributed by atoms with Gasteiger partial charge >= 0.3 is 5.69 Å². The monoisotopic (exact) mass is 432 g/mol. The minimum Gasteiger partial charge on any atom is -0.280 e. The van der Waals surface area contributed by atoms with Gasteiger partial charge in [-0.05, 0) is 41.5 Å². The summed E-state index contributed by atoms with van der Waals surface area (Å²) in [5, 5.41) is 0.657. The molecule has 4 rings (SSSR count). The van der Waals surface area contributed by atoms with E-state index in [-0.39, 0.29) is 23.2 Å². The summed E-state index contributed by atoms with van der Waals surface area (Å²) in [6, 6.07) is 18.1. The second-order valence-corrected chi connectivity index (χ2v) is 10.4. The Morgan fingerprint density at radius 2 is 1.39 bits per heavy atom. The van der Waals surface area contributed by atoms with E-state index in [1.54, 1.807) is 4.57 Å². The molecule has 0 aliphatic rings. The summed E-state index contributed by atoms with van der Waals surface area (Å²) < 4.78 is 3.14. The SMILES string of the molecule is Cc1sc2c(c1C)c(=O)n(Cc1ccccc1)c(=O)n2Cc1ccc(C(C)(C)C)cc1. The summed E-state index contributed by atoms with van der Waals surface area (Å²) in [4.78, 5) is 28.6. The normalized spacial score (nSPS) is 11.9. The highest BCUT2D eigenvalue weighted by Crippen LogP contribution is 2.28. The topological polar surface area (TPSA) is 44.0 Å². The molecule has 0 amide bonds. The van der Waals surface area contributed by atoms with Crippen molar-refractivity contribution in [1.82, 2.24) is 9.13 Å². The molecule has 0 N–H and O–H groups in total. The first-order chi connectivity index (χ1) is 14.7. The number of fused-ring (bicyclic) bond motifs is 1. The van der Waals surface area contributed by atoms with E-state index in [4.69, 9.17) is 0 Å². The van der Waals surface area contributed by atoms with E-state index in [1.165, 1.54) is 21.5 Å². The summed E-state index contributed by atoms with van der Waals surface area (Å²) in [5.41, 5.74) is 3.81. The Labute approximate surface area is 186 Å². The molecule has 0 spiro atoms. The average molecular weight is 433 g/mol. The standard InChI is InChI=1S/C26H28N2O2S/c1-17-18(2)31-24-22(17)23(29)27(15-19-9-7-6-8-10-19)25(30)28(24)16-20-11-13-21(14-12-20)26(3,4)5/h6-14H,15-16H2,1-5H3. The predicted molar refractivity (Wildman–Crippen MR) is 130 cm³/mol. The van der Waals surface area contributed by atoms with E-state index >= 15 is 0 Å². The van der Waals surface area contributed by atoms with E-state index in [9.17, 15) is 9.59 Å². The molecular formula is C26H28N2O2S. The lowest BCUT2D eigenvalue weighted by molar-refractivity contribution is 0.589. The Morgan fingerprint density at radius 3 is 2.00 bits per heavy atom. The minimum absolute atomic E-state index is 0.0769. The summed E-state index contributed by atoms with van der Waals surface area (Å²) in [6.45, 7) is 11.2. The van der Waals surface area contributed by atoms with Crippen LogP contribution in [0.2, 0.25) is 0 Å². The third-order valence-electron chi connectivity index (χ3n) is 5.88. The van der Waals surface area contributed by atoms with Gasteiger partial charge in [-0.3, -0.25) is 13.9 Å². The fourth-order valence-corrected chi connectivity index (χ4v) is 4.98. The molecule has 2 aromatic heterocycles. The molecule has 0 bridgehead atoms. The molecule has 0 unspecified atom stereocenters. The molecule has 31 heavy (non-hydrogen) atoms. The Kier molecular flexibility index (Phi) is 5.48. The molecule has 2 heterocycles. The zero-order valence-electron chi connectivity index (χ0n) is 18.7. The van der Waals surface area contributed by atoms with Gasteiger partial charge in [0, 0.05) is 4.88 Å². The van der Waals surface area contributed by atoms with Crippen molar-refractivity contribution in [3.63, 3.8) is 0 Å². The van der Waals surface area contributed by atoms with E-state index in [0.717, 1.165) is 26.4 Å². The molecule has 0 aliphatic carbocycles. The van der Waals surface area contributed by atoms with Gasteiger partial charge in [0.05, 0.1) is 18.5 Å². The second-order valence-electron chi connectivity index (χ2n) is 9.16. The smallest absolute Gasteiger partial charge is 0.280 e. The number of thiophene rings is 1. The van der Waals surface area contributed by atoms with Gasteiger partial charge in [0.2, 0.25) is 0 Å². The first-order valence-electron chi connectivity index (χ1n) is 10.5. The summed E-state index contributed by atoms with van der Waals surface area (Å²) >= 11 is 1.52. The maximum atomic E-state index is 13.5. The lowest BCUT2D eigenvalue weighted by Gasteiger charge is -2.19. The van der Waals surface area contributed by atoms with E-state index in [0.29, 0.717) is 11.9 Å². The number of hydrogen-bond acceptors (Lipinski definition) is 3. The summed E-state index contributed by atoms with van der Waals surface area (Å²) in [5.74, 6) is 0. The average Bonchev–Trinajstić information content (AvgIpc) is 3.03. The number of aryl methyl sites for hydroxylation is 2. The van der Waals surface area contributed by atoms with Crippen LogP contribution in [0.25, 0.3) is 10.2 Å². The molecular weight excluding hydrogens is 404 g/mol. The molecule has 2 aromatic carbocycles. The molecule has 0 radical (unpaired) electrons. The van der Waals surface area contributed by atoms with Gasteiger partial charge in [0.25, 0.3) is 5.56 Å². The van der Waals surface area contributed by atoms with Crippen LogP contribution >= 0.6 is 11.3 Å². The number of benzene rings is 2. The summed E-state index contributed by atoms with van der Waals surface area (Å²) in [6.07, 6.45) is 0. The molecule has 0 saturated heterocycles. The Morgan fingerprint density at radius 1 is 0.806 bits per heavy atom. The predicted octanol–water partition coefficient (Wildman–Crippen LogP) is 5.24. The van der Waals surface area contributed by atoms with Gasteiger partial charge in [-0.15, -0.1) is 11.3 Å². The van der Waals surface area contributed by atoms with Crippen LogP contribution < -0.4 is 11.2 Å². The summed E-state index contributed by atoms with van der Waals surface area (Å²) in [7, 11) is 0. The highest BCUT2D eigenvalue weighted by atomic mass is 32.1. The zero-order chi connectivity index (χ0) is 22.3. The van der Waals surface area contributed by atoms with Crippen molar-refractivity contribution >= 4 is 21.6 Å². The third kappa shape index (κ3) is 4.02. The highest BCUT2D eigenvalue weighted by molar-refractivity contribution is 7.18. The lowest BCUT2D eigenvalue weighted by Crippen LogP contribution is -2.40. The van der Waals surface area contributed by atoms with Gasteiger partial charge in [-0.1, -0.05) is 75.4 Å². The highest BCUT2D eigenvalue weighted by Gasteiger charge is 2.19. The van der Waals surface area contributed by atoms with Crippen molar-refractivity contribution in [1.29, 1.82) is 0 Å². The largest absolute Gasteiger partial charge is 0.332 e. The fourth-order valence-electron chi connectivity index (χ4n) is 3.84. The molecule has 160 valence electrons. The second kappa shape index (κ2) is 7.97. The number of nitrogens with zero attached hydrogens (tertiary/aromatic N) is 2. The quantitative estimate of drug-likeness (QED) is 0.443. The Hall–Kier alpha value is -2.92. The van der Waals surface area contributed by atoms with Crippen molar-refractivity contribution in [3.05, 3.63) is 103 Å². The van der Waals surface area contributed by atoms with Crippen molar-refractivity contribution in [2.75, 3.05) is 0 Å². The lowest BCUT2D eigenvalue weighted by atomic mass is 9.87. The van der Waals surface area contributed by atoms with Crippen molar-refractivity contribution < 1.29 is 0 Å². The van der Waals surface area contributed by atoms with Crippen LogP contribution in [0.15, 0.2) is 64.2 Å². The van der Waals surface area contributed by atoms with Gasteiger partial charge in [0.1, 0.15) is 4.83 Å². The third-order valence-corrected chi connectivity index (χ3v) is 7.11. The molecule has 0 fully saturated rings. The maximum absolute atomic E-state index is 13.5. The van der Waals surface area contributed by atoms with Crippen molar-refractivity contribution in [2.45, 2.75) is 53.1 Å². The van der Waals surface area contributed by atoms with Crippen LogP contribution in [0.3, 0.4) is 0 Å². The van der Waals surface area contributed by atoms with Gasteiger partial charge in [-0.25, -0.2) is 4.79 Å². The molecule has 4 nitrogen and oxygen atoms in total. The van der Waals surface area contributed by atoms with E-state index in [1.807, 2.05) is 44.2 Å². The van der Waals surface area contributed by atoms with Crippen molar-refractivity contribution in [3.8, 4) is 0 Å². The zero-order valence-corrected chi connectivity index (χ0v) is 19.5.